The quantitative estimate of drug-likeness (QED) is 0.854. The van der Waals surface area contributed by atoms with E-state index in [0.29, 0.717) is 5.82 Å². The van der Waals surface area contributed by atoms with Gasteiger partial charge in [0, 0.05) is 18.6 Å². The fraction of sp³-hybridized carbons (Fsp3) is 0.0833. The summed E-state index contributed by atoms with van der Waals surface area (Å²) in [7, 11) is 0. The molecule has 19 heavy (non-hydrogen) atoms. The van der Waals surface area contributed by atoms with Crippen LogP contribution in [0.15, 0.2) is 30.7 Å². The number of pyridine rings is 1. The molecule has 2 aromatic heterocycles. The van der Waals surface area contributed by atoms with Gasteiger partial charge in [-0.1, -0.05) is 6.07 Å². The number of anilines is 1. The van der Waals surface area contributed by atoms with Crippen LogP contribution in [-0.4, -0.2) is 31.9 Å². The van der Waals surface area contributed by atoms with Gasteiger partial charge in [0.25, 0.3) is 5.91 Å². The molecular formula is C12H10N4O3. The molecule has 7 nitrogen and oxygen atoms in total. The number of carboxylic acid groups (broad SMARTS) is 1. The summed E-state index contributed by atoms with van der Waals surface area (Å²) in [6.45, 7) is 1.78. The SMILES string of the molecule is Cc1cccnc1NC(=O)c1nccnc1C(=O)O. The van der Waals surface area contributed by atoms with Crippen molar-refractivity contribution < 1.29 is 14.7 Å². The van der Waals surface area contributed by atoms with Crippen molar-refractivity contribution in [2.75, 3.05) is 5.32 Å². The van der Waals surface area contributed by atoms with Crippen molar-refractivity contribution in [2.24, 2.45) is 0 Å². The molecule has 0 spiro atoms. The lowest BCUT2D eigenvalue weighted by Crippen LogP contribution is -2.20. The first-order valence-electron chi connectivity index (χ1n) is 5.37. The maximum atomic E-state index is 12.0. The Morgan fingerprint density at radius 1 is 1.11 bits per heavy atom. The Morgan fingerprint density at radius 2 is 1.79 bits per heavy atom. The molecule has 0 saturated heterocycles. The van der Waals surface area contributed by atoms with Gasteiger partial charge in [-0.3, -0.25) is 4.79 Å². The lowest BCUT2D eigenvalue weighted by molar-refractivity contribution is 0.0685. The van der Waals surface area contributed by atoms with E-state index in [1.54, 1.807) is 19.1 Å². The maximum absolute atomic E-state index is 12.0. The third-order valence-electron chi connectivity index (χ3n) is 2.36. The van der Waals surface area contributed by atoms with Gasteiger partial charge in [-0.05, 0) is 18.6 Å². The van der Waals surface area contributed by atoms with E-state index in [0.717, 1.165) is 5.56 Å². The van der Waals surface area contributed by atoms with Crippen LogP contribution in [0, 0.1) is 6.92 Å². The van der Waals surface area contributed by atoms with Crippen molar-refractivity contribution in [2.45, 2.75) is 6.92 Å². The van der Waals surface area contributed by atoms with Crippen molar-refractivity contribution >= 4 is 17.7 Å². The minimum atomic E-state index is -1.31. The van der Waals surface area contributed by atoms with Crippen LogP contribution in [0.2, 0.25) is 0 Å². The van der Waals surface area contributed by atoms with E-state index >= 15 is 0 Å². The number of hydrogen-bond acceptors (Lipinski definition) is 5. The molecule has 0 aliphatic rings. The molecule has 0 fully saturated rings. The van der Waals surface area contributed by atoms with Crippen molar-refractivity contribution in [3.05, 3.63) is 47.7 Å². The smallest absolute Gasteiger partial charge is 0.356 e. The Bertz CT molecular complexity index is 642. The number of nitrogens with zero attached hydrogens (tertiary/aromatic N) is 3. The first kappa shape index (κ1) is 12.6. The van der Waals surface area contributed by atoms with Crippen molar-refractivity contribution in [3.8, 4) is 0 Å². The Kier molecular flexibility index (Phi) is 3.46. The zero-order chi connectivity index (χ0) is 13.8. The van der Waals surface area contributed by atoms with E-state index < -0.39 is 17.6 Å². The molecule has 1 amide bonds. The van der Waals surface area contributed by atoms with Crippen LogP contribution in [0.3, 0.4) is 0 Å². The Morgan fingerprint density at radius 3 is 2.42 bits per heavy atom. The summed E-state index contributed by atoms with van der Waals surface area (Å²) in [5, 5.41) is 11.4. The van der Waals surface area contributed by atoms with Crippen LogP contribution in [0.4, 0.5) is 5.82 Å². The second-order valence-electron chi connectivity index (χ2n) is 3.68. The molecule has 0 atom stereocenters. The molecule has 0 aliphatic heterocycles. The molecule has 0 bridgehead atoms. The highest BCUT2D eigenvalue weighted by molar-refractivity contribution is 6.08. The molecule has 2 N–H and O–H groups in total. The van der Waals surface area contributed by atoms with Crippen LogP contribution in [0.25, 0.3) is 0 Å². The predicted octanol–water partition coefficient (Wildman–Crippen LogP) is 1.13. The molecule has 2 aromatic rings. The van der Waals surface area contributed by atoms with Gasteiger partial charge in [-0.2, -0.15) is 0 Å². The maximum Gasteiger partial charge on any atom is 0.356 e. The molecule has 7 heteroatoms. The van der Waals surface area contributed by atoms with E-state index in [-0.39, 0.29) is 5.69 Å². The predicted molar refractivity (Wildman–Crippen MR) is 65.9 cm³/mol. The summed E-state index contributed by atoms with van der Waals surface area (Å²) >= 11 is 0. The minimum Gasteiger partial charge on any atom is -0.476 e. The first-order valence-corrected chi connectivity index (χ1v) is 5.37. The highest BCUT2D eigenvalue weighted by Crippen LogP contribution is 2.11. The number of aromatic nitrogens is 3. The zero-order valence-electron chi connectivity index (χ0n) is 9.99. The van der Waals surface area contributed by atoms with Gasteiger partial charge in [-0.25, -0.2) is 19.7 Å². The van der Waals surface area contributed by atoms with Gasteiger partial charge in [-0.15, -0.1) is 0 Å². The van der Waals surface area contributed by atoms with Gasteiger partial charge in [0.15, 0.2) is 11.4 Å². The Labute approximate surface area is 108 Å². The number of carboxylic acids is 1. The number of amides is 1. The molecule has 0 saturated carbocycles. The number of aromatic carboxylic acids is 1. The van der Waals surface area contributed by atoms with Gasteiger partial charge < -0.3 is 10.4 Å². The summed E-state index contributed by atoms with van der Waals surface area (Å²) < 4.78 is 0. The second kappa shape index (κ2) is 5.21. The van der Waals surface area contributed by atoms with Crippen molar-refractivity contribution in [1.82, 2.24) is 15.0 Å². The van der Waals surface area contributed by atoms with E-state index in [4.69, 9.17) is 5.11 Å². The van der Waals surface area contributed by atoms with Gasteiger partial charge in [0.05, 0.1) is 0 Å². The van der Waals surface area contributed by atoms with Crippen molar-refractivity contribution in [3.63, 3.8) is 0 Å². The fourth-order valence-corrected chi connectivity index (χ4v) is 1.44. The fourth-order valence-electron chi connectivity index (χ4n) is 1.44. The molecule has 0 aromatic carbocycles. The number of nitrogens with one attached hydrogen (secondary N) is 1. The number of carbonyl (C=O) groups excluding carboxylic acids is 1. The zero-order valence-corrected chi connectivity index (χ0v) is 9.99. The monoisotopic (exact) mass is 258 g/mol. The summed E-state index contributed by atoms with van der Waals surface area (Å²) in [6.07, 6.45) is 4.00. The third kappa shape index (κ3) is 2.71. The molecule has 0 radical (unpaired) electrons. The van der Waals surface area contributed by atoms with Crippen LogP contribution < -0.4 is 5.32 Å². The van der Waals surface area contributed by atoms with Crippen LogP contribution >= 0.6 is 0 Å². The van der Waals surface area contributed by atoms with Crippen LogP contribution in [-0.2, 0) is 0 Å². The van der Waals surface area contributed by atoms with Crippen molar-refractivity contribution in [1.29, 1.82) is 0 Å². The Balaban J connectivity index is 2.31. The van der Waals surface area contributed by atoms with E-state index in [1.807, 2.05) is 0 Å². The number of carbonyl (C=O) groups is 2. The van der Waals surface area contributed by atoms with E-state index in [2.05, 4.69) is 20.3 Å². The standard InChI is InChI=1S/C12H10N4O3/c1-7-3-2-4-15-10(7)16-11(17)8-9(12(18)19)14-6-5-13-8/h2-6H,1H3,(H,18,19)(H,15,16,17). The summed E-state index contributed by atoms with van der Waals surface area (Å²) in [5.41, 5.74) is 0.116. The minimum absolute atomic E-state index is 0.250. The van der Waals surface area contributed by atoms with Gasteiger partial charge >= 0.3 is 5.97 Å². The van der Waals surface area contributed by atoms with Crippen LogP contribution in [0.1, 0.15) is 26.5 Å². The van der Waals surface area contributed by atoms with E-state index in [9.17, 15) is 9.59 Å². The number of rotatable bonds is 3. The molecule has 0 aliphatic carbocycles. The molecule has 2 rings (SSSR count). The highest BCUT2D eigenvalue weighted by Gasteiger charge is 2.20. The second-order valence-corrected chi connectivity index (χ2v) is 3.68. The molecule has 96 valence electrons. The van der Waals surface area contributed by atoms with Gasteiger partial charge in [0.2, 0.25) is 0 Å². The van der Waals surface area contributed by atoms with E-state index in [1.165, 1.54) is 18.6 Å². The highest BCUT2D eigenvalue weighted by atomic mass is 16.4. The summed E-state index contributed by atoms with van der Waals surface area (Å²) in [5.74, 6) is -1.61. The number of aryl methyl sites for hydroxylation is 1. The molecular weight excluding hydrogens is 248 g/mol. The Hall–Kier alpha value is -2.83. The third-order valence-corrected chi connectivity index (χ3v) is 2.36. The average molecular weight is 258 g/mol. The largest absolute Gasteiger partial charge is 0.476 e. The van der Waals surface area contributed by atoms with Gasteiger partial charge in [0.1, 0.15) is 5.82 Å². The molecule has 2 heterocycles. The normalized spacial score (nSPS) is 9.95. The first-order chi connectivity index (χ1) is 9.09. The average Bonchev–Trinajstić information content (AvgIpc) is 2.41. The topological polar surface area (TPSA) is 105 Å². The number of hydrogen-bond donors (Lipinski definition) is 2. The molecule has 0 unspecified atom stereocenters. The lowest BCUT2D eigenvalue weighted by Gasteiger charge is -2.07. The summed E-state index contributed by atoms with van der Waals surface area (Å²) in [6, 6.07) is 3.51. The van der Waals surface area contributed by atoms with Crippen LogP contribution in [0.5, 0.6) is 0 Å². The summed E-state index contributed by atoms with van der Waals surface area (Å²) in [4.78, 5) is 34.3. The lowest BCUT2D eigenvalue weighted by atomic mass is 10.2.